The van der Waals surface area contributed by atoms with Crippen molar-refractivity contribution >= 4 is 16.2 Å². The molecule has 0 aliphatic rings. The topological polar surface area (TPSA) is 95.5 Å². The van der Waals surface area contributed by atoms with E-state index in [0.717, 1.165) is 0 Å². The molecule has 1 atom stereocenters. The molecule has 0 saturated carbocycles. The summed E-state index contributed by atoms with van der Waals surface area (Å²) in [6.07, 6.45) is 0.207. The lowest BCUT2D eigenvalue weighted by Gasteiger charge is -2.23. The third-order valence-electron chi connectivity index (χ3n) is 1.68. The maximum absolute atomic E-state index is 11.6. The summed E-state index contributed by atoms with van der Waals surface area (Å²) in [5, 5.41) is 8.59. The minimum absolute atomic E-state index is 0.221. The molecule has 0 radical (unpaired) electrons. The maximum atomic E-state index is 11.6. The van der Waals surface area contributed by atoms with Crippen molar-refractivity contribution in [3.8, 4) is 0 Å². The van der Waals surface area contributed by atoms with Crippen molar-refractivity contribution in [1.29, 1.82) is 0 Å². The Morgan fingerprint density at radius 1 is 1.38 bits per heavy atom. The van der Waals surface area contributed by atoms with E-state index in [-0.39, 0.29) is 6.42 Å². The van der Waals surface area contributed by atoms with Crippen molar-refractivity contribution in [2.45, 2.75) is 52.1 Å². The molecule has 0 aliphatic heterocycles. The summed E-state index contributed by atoms with van der Waals surface area (Å²) in [4.78, 5) is 10.5. The lowest BCUT2D eigenvalue weighted by molar-refractivity contribution is -0.137. The van der Waals surface area contributed by atoms with Crippen molar-refractivity contribution in [1.82, 2.24) is 9.44 Å². The van der Waals surface area contributed by atoms with Gasteiger partial charge in [-0.05, 0) is 27.2 Å². The summed E-state index contributed by atoms with van der Waals surface area (Å²) < 4.78 is 27.9. The Labute approximate surface area is 96.6 Å². The summed E-state index contributed by atoms with van der Waals surface area (Å²) >= 11 is 0. The highest BCUT2D eigenvalue weighted by Crippen LogP contribution is 2.04. The Morgan fingerprint density at radius 3 is 2.19 bits per heavy atom. The molecule has 3 N–H and O–H groups in total. The maximum Gasteiger partial charge on any atom is 0.304 e. The minimum Gasteiger partial charge on any atom is -0.481 e. The zero-order valence-corrected chi connectivity index (χ0v) is 10.9. The average molecular weight is 252 g/mol. The summed E-state index contributed by atoms with van der Waals surface area (Å²) in [6, 6.07) is -0.586. The first-order chi connectivity index (χ1) is 7.06. The molecule has 0 spiro atoms. The highest BCUT2D eigenvalue weighted by molar-refractivity contribution is 7.87. The molecule has 96 valence electrons. The van der Waals surface area contributed by atoms with E-state index in [1.165, 1.54) is 0 Å². The first-order valence-electron chi connectivity index (χ1n) is 5.09. The fraction of sp³-hybridized carbons (Fsp3) is 0.889. The fourth-order valence-electron chi connectivity index (χ4n) is 1.13. The predicted molar refractivity (Wildman–Crippen MR) is 61.3 cm³/mol. The highest BCUT2D eigenvalue weighted by atomic mass is 32.2. The number of aliphatic carboxylic acids is 1. The summed E-state index contributed by atoms with van der Waals surface area (Å²) in [7, 11) is -3.66. The molecule has 0 aromatic carbocycles. The summed E-state index contributed by atoms with van der Waals surface area (Å²) in [6.45, 7) is 6.87. The van der Waals surface area contributed by atoms with Crippen LogP contribution in [0.2, 0.25) is 0 Å². The molecule has 0 aliphatic carbocycles. The Balaban J connectivity index is 4.50. The second kappa shape index (κ2) is 5.60. The average Bonchev–Trinajstić information content (AvgIpc) is 1.96. The van der Waals surface area contributed by atoms with Gasteiger partial charge in [0.1, 0.15) is 0 Å². The first kappa shape index (κ1) is 15.3. The van der Waals surface area contributed by atoms with Gasteiger partial charge >= 0.3 is 5.97 Å². The van der Waals surface area contributed by atoms with Crippen LogP contribution in [0.3, 0.4) is 0 Å². The molecule has 0 saturated heterocycles. The van der Waals surface area contributed by atoms with Crippen LogP contribution >= 0.6 is 0 Å². The van der Waals surface area contributed by atoms with Gasteiger partial charge in [0.2, 0.25) is 0 Å². The standard InChI is InChI=1S/C9H20N2O4S/c1-5-7(6-8(12)13)10-16(14,15)11-9(2,3)4/h7,10-11H,5-6H2,1-4H3,(H,12,13). The van der Waals surface area contributed by atoms with Gasteiger partial charge in [0.25, 0.3) is 10.2 Å². The zero-order valence-electron chi connectivity index (χ0n) is 10.1. The predicted octanol–water partition coefficient (Wildman–Crippen LogP) is 0.462. The molecule has 0 aromatic heterocycles. The molecule has 6 nitrogen and oxygen atoms in total. The zero-order chi connectivity index (χ0) is 13.0. The van der Waals surface area contributed by atoms with Crippen molar-refractivity contribution in [3.05, 3.63) is 0 Å². The van der Waals surface area contributed by atoms with Crippen molar-refractivity contribution < 1.29 is 18.3 Å². The van der Waals surface area contributed by atoms with Crippen LogP contribution in [-0.4, -0.2) is 31.1 Å². The molecule has 0 amide bonds. The van der Waals surface area contributed by atoms with Crippen LogP contribution in [0.1, 0.15) is 40.5 Å². The Morgan fingerprint density at radius 2 is 1.88 bits per heavy atom. The van der Waals surface area contributed by atoms with Crippen LogP contribution in [0.4, 0.5) is 0 Å². The van der Waals surface area contributed by atoms with Gasteiger partial charge in [0, 0.05) is 11.6 Å². The van der Waals surface area contributed by atoms with E-state index in [0.29, 0.717) is 6.42 Å². The quantitative estimate of drug-likeness (QED) is 0.640. The van der Waals surface area contributed by atoms with E-state index in [9.17, 15) is 13.2 Å². The molecule has 0 rings (SSSR count). The Bertz CT molecular complexity index is 332. The molecule has 7 heteroatoms. The lowest BCUT2D eigenvalue weighted by Crippen LogP contribution is -2.50. The number of hydrogen-bond donors (Lipinski definition) is 3. The van der Waals surface area contributed by atoms with Crippen LogP contribution in [0.25, 0.3) is 0 Å². The van der Waals surface area contributed by atoms with Crippen molar-refractivity contribution in [3.63, 3.8) is 0 Å². The SMILES string of the molecule is CCC(CC(=O)O)NS(=O)(=O)NC(C)(C)C. The monoisotopic (exact) mass is 252 g/mol. The molecule has 0 heterocycles. The van der Waals surface area contributed by atoms with Crippen LogP contribution < -0.4 is 9.44 Å². The third kappa shape index (κ3) is 7.61. The van der Waals surface area contributed by atoms with Gasteiger partial charge in [-0.15, -0.1) is 0 Å². The molecule has 16 heavy (non-hydrogen) atoms. The lowest BCUT2D eigenvalue weighted by atomic mass is 10.1. The second-order valence-corrected chi connectivity index (χ2v) is 6.12. The van der Waals surface area contributed by atoms with Gasteiger partial charge in [-0.1, -0.05) is 6.92 Å². The molecule has 0 aromatic rings. The normalized spacial score (nSPS) is 14.8. The summed E-state index contributed by atoms with van der Waals surface area (Å²) in [5.41, 5.74) is -0.590. The number of carboxylic acids is 1. The van der Waals surface area contributed by atoms with E-state index in [2.05, 4.69) is 9.44 Å². The largest absolute Gasteiger partial charge is 0.481 e. The molecule has 0 bridgehead atoms. The van der Waals surface area contributed by atoms with E-state index in [1.54, 1.807) is 27.7 Å². The molecular weight excluding hydrogens is 232 g/mol. The number of nitrogens with one attached hydrogen (secondary N) is 2. The van der Waals surface area contributed by atoms with Crippen LogP contribution in [0.15, 0.2) is 0 Å². The summed E-state index contributed by atoms with van der Waals surface area (Å²) in [5.74, 6) is -1.02. The van der Waals surface area contributed by atoms with Crippen LogP contribution in [0, 0.1) is 0 Å². The highest BCUT2D eigenvalue weighted by Gasteiger charge is 2.23. The van der Waals surface area contributed by atoms with Gasteiger partial charge in [-0.2, -0.15) is 17.9 Å². The number of rotatable bonds is 6. The minimum atomic E-state index is -3.66. The number of carboxylic acid groups (broad SMARTS) is 1. The van der Waals surface area contributed by atoms with Crippen LogP contribution in [-0.2, 0) is 15.0 Å². The second-order valence-electron chi connectivity index (χ2n) is 4.68. The van der Waals surface area contributed by atoms with Gasteiger partial charge < -0.3 is 5.11 Å². The van der Waals surface area contributed by atoms with Gasteiger partial charge in [0.05, 0.1) is 6.42 Å². The Kier molecular flexibility index (Phi) is 5.37. The smallest absolute Gasteiger partial charge is 0.304 e. The third-order valence-corrected chi connectivity index (χ3v) is 3.20. The first-order valence-corrected chi connectivity index (χ1v) is 6.57. The van der Waals surface area contributed by atoms with Gasteiger partial charge in [-0.25, -0.2) is 0 Å². The van der Waals surface area contributed by atoms with E-state index >= 15 is 0 Å². The molecule has 0 fully saturated rings. The van der Waals surface area contributed by atoms with E-state index in [1.807, 2.05) is 0 Å². The van der Waals surface area contributed by atoms with Crippen molar-refractivity contribution in [2.24, 2.45) is 0 Å². The fourth-order valence-corrected chi connectivity index (χ4v) is 2.69. The molecule has 1 unspecified atom stereocenters. The molecular formula is C9H20N2O4S. The van der Waals surface area contributed by atoms with Crippen molar-refractivity contribution in [2.75, 3.05) is 0 Å². The number of carbonyl (C=O) groups is 1. The van der Waals surface area contributed by atoms with Crippen LogP contribution in [0.5, 0.6) is 0 Å². The van der Waals surface area contributed by atoms with E-state index in [4.69, 9.17) is 5.11 Å². The van der Waals surface area contributed by atoms with Gasteiger partial charge in [0.15, 0.2) is 0 Å². The van der Waals surface area contributed by atoms with E-state index < -0.39 is 27.8 Å². The van der Waals surface area contributed by atoms with Gasteiger partial charge in [-0.3, -0.25) is 4.79 Å². The Hall–Kier alpha value is -0.660. The number of hydrogen-bond acceptors (Lipinski definition) is 3.